The predicted molar refractivity (Wildman–Crippen MR) is 102 cm³/mol. The van der Waals surface area contributed by atoms with E-state index < -0.39 is 0 Å². The Labute approximate surface area is 150 Å². The number of nitrogens with one attached hydrogen (secondary N) is 1. The molecule has 2 aromatic rings. The van der Waals surface area contributed by atoms with E-state index in [0.29, 0.717) is 6.54 Å². The normalized spacial score (nSPS) is 16.0. The van der Waals surface area contributed by atoms with Crippen LogP contribution in [0.15, 0.2) is 30.3 Å². The van der Waals surface area contributed by atoms with E-state index in [9.17, 15) is 0 Å². The van der Waals surface area contributed by atoms with Crippen LogP contribution in [0.3, 0.4) is 0 Å². The fourth-order valence-electron chi connectivity index (χ4n) is 3.45. The Hall–Kier alpha value is -2.14. The molecular formula is C20H28N4O. The van der Waals surface area contributed by atoms with Crippen molar-refractivity contribution in [3.05, 3.63) is 47.3 Å². The summed E-state index contributed by atoms with van der Waals surface area (Å²) in [5, 5.41) is 12.3. The number of aliphatic hydroxyl groups is 1. The van der Waals surface area contributed by atoms with Crippen molar-refractivity contribution < 1.29 is 5.11 Å². The Bertz CT molecular complexity index is 742. The molecule has 0 fully saturated rings. The number of fused-ring (bicyclic) bond motifs is 1. The van der Waals surface area contributed by atoms with Gasteiger partial charge in [0.25, 0.3) is 0 Å². The summed E-state index contributed by atoms with van der Waals surface area (Å²) in [5.74, 6) is 2.80. The number of nitrogens with zero attached hydrogens (tertiary/aromatic N) is 3. The molecule has 0 saturated heterocycles. The highest BCUT2D eigenvalue weighted by Gasteiger charge is 2.32. The zero-order chi connectivity index (χ0) is 18.0. The van der Waals surface area contributed by atoms with Crippen LogP contribution in [0.4, 0.5) is 11.6 Å². The minimum Gasteiger partial charge on any atom is -0.395 e. The molecule has 0 bridgehead atoms. The van der Waals surface area contributed by atoms with Gasteiger partial charge in [-0.3, -0.25) is 0 Å². The Balaban J connectivity index is 1.97. The van der Waals surface area contributed by atoms with Crippen molar-refractivity contribution in [2.45, 2.75) is 45.6 Å². The van der Waals surface area contributed by atoms with Gasteiger partial charge in [-0.2, -0.15) is 0 Å². The van der Waals surface area contributed by atoms with Crippen molar-refractivity contribution in [1.29, 1.82) is 0 Å². The summed E-state index contributed by atoms with van der Waals surface area (Å²) in [6, 6.07) is 10.7. The molecule has 0 unspecified atom stereocenters. The van der Waals surface area contributed by atoms with Crippen molar-refractivity contribution in [1.82, 2.24) is 9.97 Å². The molecule has 1 aliphatic rings. The van der Waals surface area contributed by atoms with Crippen LogP contribution in [0.5, 0.6) is 0 Å². The van der Waals surface area contributed by atoms with Crippen LogP contribution in [-0.2, 0) is 12.0 Å². The molecule has 0 saturated carbocycles. The summed E-state index contributed by atoms with van der Waals surface area (Å²) in [4.78, 5) is 11.7. The number of aromatic nitrogens is 2. The number of anilines is 2. The van der Waals surface area contributed by atoms with Crippen molar-refractivity contribution in [2.75, 3.05) is 29.9 Å². The van der Waals surface area contributed by atoms with Crippen molar-refractivity contribution in [3.63, 3.8) is 0 Å². The maximum Gasteiger partial charge on any atom is 0.135 e. The molecule has 0 atom stereocenters. The van der Waals surface area contributed by atoms with E-state index >= 15 is 0 Å². The monoisotopic (exact) mass is 340 g/mol. The highest BCUT2D eigenvalue weighted by atomic mass is 16.3. The first kappa shape index (κ1) is 17.7. The molecule has 5 heteroatoms. The summed E-state index contributed by atoms with van der Waals surface area (Å²) in [6.07, 6.45) is 0. The van der Waals surface area contributed by atoms with Crippen molar-refractivity contribution in [2.24, 2.45) is 0 Å². The van der Waals surface area contributed by atoms with E-state index in [0.717, 1.165) is 30.5 Å². The van der Waals surface area contributed by atoms with Gasteiger partial charge >= 0.3 is 0 Å². The molecule has 2 heterocycles. The lowest BCUT2D eigenvalue weighted by Gasteiger charge is -2.40. The van der Waals surface area contributed by atoms with Crippen LogP contribution >= 0.6 is 0 Å². The lowest BCUT2D eigenvalue weighted by Crippen LogP contribution is -2.42. The Morgan fingerprint density at radius 2 is 2.00 bits per heavy atom. The van der Waals surface area contributed by atoms with Gasteiger partial charge in [-0.1, -0.05) is 52.0 Å². The molecule has 25 heavy (non-hydrogen) atoms. The highest BCUT2D eigenvalue weighted by Crippen LogP contribution is 2.35. The first-order valence-corrected chi connectivity index (χ1v) is 8.98. The SMILES string of the molecule is CC(C)c1nc(NCCO)cc(N2Cc3ccccc3C(C)(C)C2)n1. The molecule has 3 rings (SSSR count). The van der Waals surface area contributed by atoms with E-state index in [1.807, 2.05) is 6.07 Å². The smallest absolute Gasteiger partial charge is 0.135 e. The van der Waals surface area contributed by atoms with E-state index in [-0.39, 0.29) is 17.9 Å². The number of aliphatic hydroxyl groups excluding tert-OH is 1. The highest BCUT2D eigenvalue weighted by molar-refractivity contribution is 5.53. The van der Waals surface area contributed by atoms with Crippen LogP contribution in [0.2, 0.25) is 0 Å². The minimum absolute atomic E-state index is 0.0660. The number of hydrogen-bond donors (Lipinski definition) is 2. The summed E-state index contributed by atoms with van der Waals surface area (Å²) in [5.41, 5.74) is 2.84. The van der Waals surface area contributed by atoms with Crippen LogP contribution in [0.1, 0.15) is 50.6 Å². The van der Waals surface area contributed by atoms with Crippen LogP contribution in [-0.4, -0.2) is 34.8 Å². The summed E-state index contributed by atoms with van der Waals surface area (Å²) in [7, 11) is 0. The molecule has 0 spiro atoms. The third-order valence-electron chi connectivity index (χ3n) is 4.68. The summed E-state index contributed by atoms with van der Waals surface area (Å²) < 4.78 is 0. The van der Waals surface area contributed by atoms with E-state index in [4.69, 9.17) is 10.1 Å². The fraction of sp³-hybridized carbons (Fsp3) is 0.500. The van der Waals surface area contributed by atoms with E-state index in [1.54, 1.807) is 0 Å². The second-order valence-corrected chi connectivity index (χ2v) is 7.67. The number of benzene rings is 1. The average molecular weight is 340 g/mol. The van der Waals surface area contributed by atoms with Gasteiger partial charge in [0.05, 0.1) is 6.61 Å². The first-order chi connectivity index (χ1) is 11.9. The third kappa shape index (κ3) is 3.76. The number of rotatable bonds is 5. The van der Waals surface area contributed by atoms with Gasteiger partial charge in [0, 0.05) is 37.0 Å². The zero-order valence-electron chi connectivity index (χ0n) is 15.6. The van der Waals surface area contributed by atoms with Crippen molar-refractivity contribution >= 4 is 11.6 Å². The van der Waals surface area contributed by atoms with Gasteiger partial charge in [0.2, 0.25) is 0 Å². The van der Waals surface area contributed by atoms with E-state index in [1.165, 1.54) is 11.1 Å². The Kier molecular flexibility index (Phi) is 4.95. The predicted octanol–water partition coefficient (Wildman–Crippen LogP) is 3.30. The lowest BCUT2D eigenvalue weighted by molar-refractivity contribution is 0.311. The molecule has 5 nitrogen and oxygen atoms in total. The topological polar surface area (TPSA) is 61.3 Å². The van der Waals surface area contributed by atoms with Gasteiger partial charge in [0.15, 0.2) is 0 Å². The largest absolute Gasteiger partial charge is 0.395 e. The number of hydrogen-bond acceptors (Lipinski definition) is 5. The van der Waals surface area contributed by atoms with Gasteiger partial charge < -0.3 is 15.3 Å². The third-order valence-corrected chi connectivity index (χ3v) is 4.68. The fourth-order valence-corrected chi connectivity index (χ4v) is 3.45. The van der Waals surface area contributed by atoms with Gasteiger partial charge in [-0.05, 0) is 11.1 Å². The summed E-state index contributed by atoms with van der Waals surface area (Å²) in [6.45, 7) is 11.1. The van der Waals surface area contributed by atoms with Crippen molar-refractivity contribution in [3.8, 4) is 0 Å². The van der Waals surface area contributed by atoms with Gasteiger partial charge in [-0.25, -0.2) is 9.97 Å². The molecule has 0 aliphatic carbocycles. The quantitative estimate of drug-likeness (QED) is 0.874. The molecule has 1 aromatic carbocycles. The van der Waals surface area contributed by atoms with Crippen LogP contribution < -0.4 is 10.2 Å². The first-order valence-electron chi connectivity index (χ1n) is 8.98. The van der Waals surface area contributed by atoms with E-state index in [2.05, 4.69) is 67.2 Å². The maximum absolute atomic E-state index is 9.09. The standard InChI is InChI=1S/C20H28N4O/c1-14(2)19-22-17(21-9-10-25)11-18(23-19)24-12-15-7-5-6-8-16(15)20(3,4)13-24/h5-8,11,14,25H,9-10,12-13H2,1-4H3,(H,21,22,23). The zero-order valence-corrected chi connectivity index (χ0v) is 15.6. The maximum atomic E-state index is 9.09. The summed E-state index contributed by atoms with van der Waals surface area (Å²) >= 11 is 0. The molecule has 0 radical (unpaired) electrons. The van der Waals surface area contributed by atoms with Gasteiger partial charge in [-0.15, -0.1) is 0 Å². The second kappa shape index (κ2) is 7.00. The average Bonchev–Trinajstić information content (AvgIpc) is 2.59. The van der Waals surface area contributed by atoms with Crippen LogP contribution in [0.25, 0.3) is 0 Å². The second-order valence-electron chi connectivity index (χ2n) is 7.67. The molecule has 1 aromatic heterocycles. The Morgan fingerprint density at radius 3 is 2.72 bits per heavy atom. The molecule has 134 valence electrons. The van der Waals surface area contributed by atoms with Crippen LogP contribution in [0, 0.1) is 0 Å². The Morgan fingerprint density at radius 1 is 1.24 bits per heavy atom. The molecule has 0 amide bonds. The lowest BCUT2D eigenvalue weighted by atomic mass is 9.78. The molecular weight excluding hydrogens is 312 g/mol. The molecule has 1 aliphatic heterocycles. The minimum atomic E-state index is 0.0660. The van der Waals surface area contributed by atoms with Gasteiger partial charge in [0.1, 0.15) is 17.5 Å². The molecule has 2 N–H and O–H groups in total.